The summed E-state index contributed by atoms with van der Waals surface area (Å²) in [6.45, 7) is -0.678. The zero-order valence-electron chi connectivity index (χ0n) is 16.6. The zero-order valence-corrected chi connectivity index (χ0v) is 16.6. The number of benzene rings is 1. The Morgan fingerprint density at radius 3 is 2.33 bits per heavy atom. The molecule has 1 aromatic rings. The van der Waals surface area contributed by atoms with Crippen molar-refractivity contribution in [3.8, 4) is 11.5 Å². The molecule has 1 rings (SSSR count). The van der Waals surface area contributed by atoms with E-state index in [0.717, 1.165) is 5.56 Å². The molecule has 1 aromatic carbocycles. The second-order valence-corrected chi connectivity index (χ2v) is 6.12. The molecular weight excluding hydrogens is 402 g/mol. The summed E-state index contributed by atoms with van der Waals surface area (Å²) in [5.41, 5.74) is 0.831. The summed E-state index contributed by atoms with van der Waals surface area (Å²) in [6.07, 6.45) is -0.390. The van der Waals surface area contributed by atoms with Crippen LogP contribution in [0.15, 0.2) is 18.2 Å². The van der Waals surface area contributed by atoms with Gasteiger partial charge >= 0.3 is 18.0 Å². The van der Waals surface area contributed by atoms with E-state index in [4.69, 9.17) is 19.7 Å². The van der Waals surface area contributed by atoms with Crippen molar-refractivity contribution in [2.45, 2.75) is 25.3 Å². The zero-order chi connectivity index (χ0) is 22.7. The van der Waals surface area contributed by atoms with E-state index in [1.807, 2.05) is 0 Å². The minimum Gasteiger partial charge on any atom is -0.493 e. The van der Waals surface area contributed by atoms with Gasteiger partial charge in [-0.1, -0.05) is 6.07 Å². The lowest BCUT2D eigenvalue weighted by atomic mass is 10.1. The first-order chi connectivity index (χ1) is 14.2. The number of aliphatic carboxylic acids is 2. The molecule has 12 heteroatoms. The SMILES string of the molecule is COc1ccc(CCNC(=O)N(O)CC(=O)N[C@@H](CCC(=O)O)C(=O)O)cc1OC. The second-order valence-electron chi connectivity index (χ2n) is 6.12. The lowest BCUT2D eigenvalue weighted by molar-refractivity contribution is -0.144. The molecule has 0 aliphatic rings. The molecule has 0 aromatic heterocycles. The lowest BCUT2D eigenvalue weighted by Crippen LogP contribution is -2.48. The van der Waals surface area contributed by atoms with Crippen molar-refractivity contribution in [1.29, 1.82) is 0 Å². The van der Waals surface area contributed by atoms with Crippen LogP contribution >= 0.6 is 0 Å². The Morgan fingerprint density at radius 2 is 1.77 bits per heavy atom. The van der Waals surface area contributed by atoms with Crippen LogP contribution in [0.5, 0.6) is 11.5 Å². The average Bonchev–Trinajstić information content (AvgIpc) is 2.70. The van der Waals surface area contributed by atoms with Crippen molar-refractivity contribution in [3.63, 3.8) is 0 Å². The van der Waals surface area contributed by atoms with Crippen molar-refractivity contribution >= 4 is 23.9 Å². The molecule has 0 radical (unpaired) electrons. The van der Waals surface area contributed by atoms with Gasteiger partial charge in [0, 0.05) is 13.0 Å². The average molecular weight is 427 g/mol. The van der Waals surface area contributed by atoms with Gasteiger partial charge in [0.25, 0.3) is 0 Å². The molecule has 12 nitrogen and oxygen atoms in total. The number of hydrogen-bond donors (Lipinski definition) is 5. The Bertz CT molecular complexity index is 769. The highest BCUT2D eigenvalue weighted by Crippen LogP contribution is 2.27. The number of rotatable bonds is 12. The van der Waals surface area contributed by atoms with Crippen molar-refractivity contribution < 1.29 is 44.1 Å². The third-order valence-corrected chi connectivity index (χ3v) is 3.95. The Balaban J connectivity index is 2.47. The van der Waals surface area contributed by atoms with Crippen LogP contribution in [0.2, 0.25) is 0 Å². The van der Waals surface area contributed by atoms with Gasteiger partial charge in [0.05, 0.1) is 14.2 Å². The number of carboxylic acids is 2. The summed E-state index contributed by atoms with van der Waals surface area (Å²) in [4.78, 5) is 45.3. The van der Waals surface area contributed by atoms with Crippen LogP contribution in [-0.2, 0) is 20.8 Å². The summed E-state index contributed by atoms with van der Waals surface area (Å²) < 4.78 is 10.3. The number of nitrogens with zero attached hydrogens (tertiary/aromatic N) is 1. The number of methoxy groups -OCH3 is 2. The number of urea groups is 1. The van der Waals surface area contributed by atoms with Crippen LogP contribution in [0, 0.1) is 0 Å². The molecule has 0 saturated carbocycles. The molecule has 0 fully saturated rings. The van der Waals surface area contributed by atoms with Crippen molar-refractivity contribution in [2.24, 2.45) is 0 Å². The Morgan fingerprint density at radius 1 is 1.10 bits per heavy atom. The van der Waals surface area contributed by atoms with Crippen molar-refractivity contribution in [1.82, 2.24) is 15.7 Å². The van der Waals surface area contributed by atoms with Crippen LogP contribution in [0.25, 0.3) is 0 Å². The van der Waals surface area contributed by atoms with Crippen LogP contribution in [-0.4, -0.2) is 77.7 Å². The molecule has 5 N–H and O–H groups in total. The third kappa shape index (κ3) is 8.22. The molecular formula is C18H25N3O9. The lowest BCUT2D eigenvalue weighted by Gasteiger charge is -2.18. The fourth-order valence-corrected chi connectivity index (χ4v) is 2.41. The number of carbonyl (C=O) groups excluding carboxylic acids is 2. The summed E-state index contributed by atoms with van der Waals surface area (Å²) in [5.74, 6) is -2.51. The summed E-state index contributed by atoms with van der Waals surface area (Å²) in [5, 5.41) is 31.8. The number of amides is 3. The van der Waals surface area contributed by atoms with Crippen LogP contribution in [0.3, 0.4) is 0 Å². The van der Waals surface area contributed by atoms with E-state index < -0.39 is 42.9 Å². The standard InChI is InChI=1S/C18H25N3O9/c1-29-13-5-3-11(9-14(13)30-2)7-8-19-18(27)21(28)10-15(22)20-12(17(25)26)4-6-16(23)24/h3,5,9,12,28H,4,6-8,10H2,1-2H3,(H,19,27)(H,20,22)(H,23,24)(H,25,26)/t12-/m0/s1. The van der Waals surface area contributed by atoms with E-state index in [1.165, 1.54) is 14.2 Å². The first kappa shape index (κ1) is 24.5. The number of nitrogens with one attached hydrogen (secondary N) is 2. The maximum Gasteiger partial charge on any atom is 0.341 e. The minimum absolute atomic E-state index is 0.0973. The summed E-state index contributed by atoms with van der Waals surface area (Å²) in [7, 11) is 3.00. The molecule has 0 spiro atoms. The van der Waals surface area contributed by atoms with Gasteiger partial charge < -0.3 is 30.3 Å². The fraction of sp³-hybridized carbons (Fsp3) is 0.444. The van der Waals surface area contributed by atoms with Gasteiger partial charge in [-0.25, -0.2) is 9.59 Å². The van der Waals surface area contributed by atoms with E-state index in [2.05, 4.69) is 10.6 Å². The Kier molecular flexibility index (Phi) is 9.89. The molecule has 1 atom stereocenters. The fourth-order valence-electron chi connectivity index (χ4n) is 2.41. The van der Waals surface area contributed by atoms with Gasteiger partial charge in [-0.3, -0.25) is 14.8 Å². The van der Waals surface area contributed by atoms with Crippen molar-refractivity contribution in [3.05, 3.63) is 23.8 Å². The molecule has 0 aliphatic carbocycles. The summed E-state index contributed by atoms with van der Waals surface area (Å²) in [6, 6.07) is 2.82. The smallest absolute Gasteiger partial charge is 0.341 e. The number of hydroxylamine groups is 2. The highest BCUT2D eigenvalue weighted by molar-refractivity contribution is 5.87. The van der Waals surface area contributed by atoms with Gasteiger partial charge in [-0.15, -0.1) is 0 Å². The molecule has 166 valence electrons. The first-order valence-corrected chi connectivity index (χ1v) is 8.87. The Labute approximate surface area is 172 Å². The highest BCUT2D eigenvalue weighted by atomic mass is 16.5. The highest BCUT2D eigenvalue weighted by Gasteiger charge is 2.23. The molecule has 0 bridgehead atoms. The van der Waals surface area contributed by atoms with Gasteiger partial charge in [0.2, 0.25) is 5.91 Å². The molecule has 0 unspecified atom stereocenters. The number of hydrogen-bond acceptors (Lipinski definition) is 7. The van der Waals surface area contributed by atoms with Gasteiger partial charge in [-0.2, -0.15) is 5.06 Å². The van der Waals surface area contributed by atoms with Gasteiger partial charge in [0.15, 0.2) is 11.5 Å². The normalized spacial score (nSPS) is 11.2. The quantitative estimate of drug-likeness (QED) is 0.228. The van der Waals surface area contributed by atoms with Gasteiger partial charge in [0.1, 0.15) is 12.6 Å². The molecule has 3 amide bonds. The molecule has 0 heterocycles. The molecule has 0 saturated heterocycles. The van der Waals surface area contributed by atoms with E-state index in [1.54, 1.807) is 18.2 Å². The van der Waals surface area contributed by atoms with Gasteiger partial charge in [-0.05, 0) is 30.5 Å². The van der Waals surface area contributed by atoms with E-state index in [0.29, 0.717) is 17.9 Å². The second kappa shape index (κ2) is 12.1. The van der Waals surface area contributed by atoms with Crippen molar-refractivity contribution in [2.75, 3.05) is 27.3 Å². The van der Waals surface area contributed by atoms with Crippen LogP contribution in [0.1, 0.15) is 18.4 Å². The monoisotopic (exact) mass is 427 g/mol. The molecule has 30 heavy (non-hydrogen) atoms. The van der Waals surface area contributed by atoms with Crippen LogP contribution in [0.4, 0.5) is 4.79 Å². The minimum atomic E-state index is -1.45. The maximum absolute atomic E-state index is 11.9. The first-order valence-electron chi connectivity index (χ1n) is 8.87. The number of carboxylic acid groups (broad SMARTS) is 2. The predicted octanol–water partition coefficient (Wildman–Crippen LogP) is 0.0813. The number of carbonyl (C=O) groups is 4. The maximum atomic E-state index is 11.9. The Hall–Kier alpha value is -3.54. The molecule has 0 aliphatic heterocycles. The predicted molar refractivity (Wildman–Crippen MR) is 102 cm³/mol. The van der Waals surface area contributed by atoms with E-state index >= 15 is 0 Å². The van der Waals surface area contributed by atoms with Crippen LogP contribution < -0.4 is 20.1 Å². The number of ether oxygens (including phenoxy) is 2. The topological polar surface area (TPSA) is 175 Å². The third-order valence-electron chi connectivity index (χ3n) is 3.95. The summed E-state index contributed by atoms with van der Waals surface area (Å²) >= 11 is 0. The van der Waals surface area contributed by atoms with E-state index in [-0.39, 0.29) is 18.0 Å². The largest absolute Gasteiger partial charge is 0.493 e. The van der Waals surface area contributed by atoms with E-state index in [9.17, 15) is 24.4 Å².